The van der Waals surface area contributed by atoms with Gasteiger partial charge >= 0.3 is 0 Å². The molecule has 2 aromatic rings. The van der Waals surface area contributed by atoms with Crippen LogP contribution in [0.3, 0.4) is 0 Å². The summed E-state index contributed by atoms with van der Waals surface area (Å²) in [5, 5.41) is 2.83. The first-order valence-electron chi connectivity index (χ1n) is 8.03. The smallest absolute Gasteiger partial charge is 0.262 e. The Labute approximate surface area is 151 Å². The summed E-state index contributed by atoms with van der Waals surface area (Å²) in [7, 11) is 0. The molecule has 3 nitrogen and oxygen atoms in total. The molecule has 0 radical (unpaired) electrons. The summed E-state index contributed by atoms with van der Waals surface area (Å²) >= 11 is 4.00. The molecule has 1 fully saturated rings. The monoisotopic (exact) mass is 359 g/mol. The lowest BCUT2D eigenvalue weighted by atomic mass is 10.2. The summed E-state index contributed by atoms with van der Waals surface area (Å²) in [6.45, 7) is 2.03. The zero-order chi connectivity index (χ0) is 16.8. The largest absolute Gasteiger partial charge is 0.484 e. The fourth-order valence-corrected chi connectivity index (χ4v) is 5.28. The molecule has 1 heterocycles. The standard InChI is InChI=1S/C19H21NO2S2/c1-14-3-7-16(8-4-14)20-18(21)13-22-17-9-5-15(6-10-17)19-23-11-2-12-24-19/h3-10,19H,2,11-13H2,1H3,(H,20,21). The number of anilines is 1. The number of nitrogens with one attached hydrogen (secondary N) is 1. The molecule has 1 aliphatic heterocycles. The van der Waals surface area contributed by atoms with Crippen LogP contribution in [-0.4, -0.2) is 24.0 Å². The number of ether oxygens (including phenoxy) is 1. The average molecular weight is 360 g/mol. The van der Waals surface area contributed by atoms with Gasteiger partial charge < -0.3 is 10.1 Å². The molecular weight excluding hydrogens is 338 g/mol. The van der Waals surface area contributed by atoms with E-state index in [-0.39, 0.29) is 12.5 Å². The van der Waals surface area contributed by atoms with E-state index in [9.17, 15) is 4.79 Å². The van der Waals surface area contributed by atoms with Crippen LogP contribution in [0.2, 0.25) is 0 Å². The van der Waals surface area contributed by atoms with Gasteiger partial charge in [-0.15, -0.1) is 23.5 Å². The molecule has 24 heavy (non-hydrogen) atoms. The van der Waals surface area contributed by atoms with Crippen LogP contribution in [0.4, 0.5) is 5.69 Å². The van der Waals surface area contributed by atoms with Crippen molar-refractivity contribution < 1.29 is 9.53 Å². The van der Waals surface area contributed by atoms with E-state index in [2.05, 4.69) is 17.4 Å². The summed E-state index contributed by atoms with van der Waals surface area (Å²) in [5.41, 5.74) is 3.27. The van der Waals surface area contributed by atoms with Crippen LogP contribution in [0.15, 0.2) is 48.5 Å². The fourth-order valence-electron chi connectivity index (χ4n) is 2.38. The van der Waals surface area contributed by atoms with Gasteiger partial charge in [0.25, 0.3) is 5.91 Å². The van der Waals surface area contributed by atoms with Crippen molar-refractivity contribution in [1.82, 2.24) is 0 Å². The van der Waals surface area contributed by atoms with E-state index >= 15 is 0 Å². The molecule has 0 aliphatic carbocycles. The topological polar surface area (TPSA) is 38.3 Å². The summed E-state index contributed by atoms with van der Waals surface area (Å²) < 4.78 is 6.11. The minimum Gasteiger partial charge on any atom is -0.484 e. The molecule has 3 rings (SSSR count). The van der Waals surface area contributed by atoms with E-state index in [0.29, 0.717) is 4.58 Å². The molecule has 0 bridgehead atoms. The van der Waals surface area contributed by atoms with Crippen LogP contribution in [0.1, 0.15) is 22.1 Å². The maximum absolute atomic E-state index is 11.9. The third kappa shape index (κ3) is 4.95. The van der Waals surface area contributed by atoms with Gasteiger partial charge in [0.1, 0.15) is 5.75 Å². The molecule has 1 N–H and O–H groups in total. The third-order valence-electron chi connectivity index (χ3n) is 3.68. The molecule has 2 aromatic carbocycles. The number of carbonyl (C=O) groups excluding carboxylic acids is 1. The quantitative estimate of drug-likeness (QED) is 0.825. The minimum atomic E-state index is -0.152. The van der Waals surface area contributed by atoms with Gasteiger partial charge in [0.05, 0.1) is 4.58 Å². The lowest BCUT2D eigenvalue weighted by molar-refractivity contribution is -0.118. The molecule has 1 saturated heterocycles. The number of aryl methyl sites for hydroxylation is 1. The average Bonchev–Trinajstić information content (AvgIpc) is 2.63. The highest BCUT2D eigenvalue weighted by Crippen LogP contribution is 2.43. The van der Waals surface area contributed by atoms with Crippen LogP contribution in [-0.2, 0) is 4.79 Å². The van der Waals surface area contributed by atoms with Gasteiger partial charge in [-0.2, -0.15) is 0 Å². The Morgan fingerprint density at radius 1 is 1.08 bits per heavy atom. The van der Waals surface area contributed by atoms with Crippen LogP contribution in [0.25, 0.3) is 0 Å². The highest BCUT2D eigenvalue weighted by molar-refractivity contribution is 8.16. The van der Waals surface area contributed by atoms with Crippen molar-refractivity contribution in [2.24, 2.45) is 0 Å². The van der Waals surface area contributed by atoms with Gasteiger partial charge in [-0.25, -0.2) is 0 Å². The Morgan fingerprint density at radius 2 is 1.75 bits per heavy atom. The molecule has 0 saturated carbocycles. The summed E-state index contributed by atoms with van der Waals surface area (Å²) in [6.07, 6.45) is 1.29. The number of hydrogen-bond donors (Lipinski definition) is 1. The van der Waals surface area contributed by atoms with Gasteiger partial charge in [-0.05, 0) is 54.7 Å². The van der Waals surface area contributed by atoms with Gasteiger partial charge in [0, 0.05) is 5.69 Å². The van der Waals surface area contributed by atoms with Gasteiger partial charge in [0.2, 0.25) is 0 Å². The molecular formula is C19H21NO2S2. The van der Waals surface area contributed by atoms with Crippen molar-refractivity contribution in [2.75, 3.05) is 23.4 Å². The second-order valence-electron chi connectivity index (χ2n) is 5.70. The summed E-state index contributed by atoms with van der Waals surface area (Å²) in [4.78, 5) is 11.9. The number of benzene rings is 2. The number of carbonyl (C=O) groups is 1. The highest BCUT2D eigenvalue weighted by Gasteiger charge is 2.16. The molecule has 0 unspecified atom stereocenters. The van der Waals surface area contributed by atoms with Crippen molar-refractivity contribution in [3.05, 3.63) is 59.7 Å². The molecule has 1 amide bonds. The Morgan fingerprint density at radius 3 is 2.42 bits per heavy atom. The number of amides is 1. The van der Waals surface area contributed by atoms with E-state index in [1.807, 2.05) is 66.8 Å². The Balaban J connectivity index is 1.49. The number of rotatable bonds is 5. The number of thioether (sulfide) groups is 2. The first-order valence-corrected chi connectivity index (χ1v) is 10.1. The first-order chi connectivity index (χ1) is 11.7. The highest BCUT2D eigenvalue weighted by atomic mass is 32.2. The number of hydrogen-bond acceptors (Lipinski definition) is 4. The maximum Gasteiger partial charge on any atom is 0.262 e. The molecule has 0 spiro atoms. The molecule has 126 valence electrons. The third-order valence-corrected chi connectivity index (χ3v) is 6.70. The maximum atomic E-state index is 11.9. The Hall–Kier alpha value is -1.59. The van der Waals surface area contributed by atoms with Crippen molar-refractivity contribution >= 4 is 35.1 Å². The fraction of sp³-hybridized carbons (Fsp3) is 0.316. The molecule has 0 atom stereocenters. The SMILES string of the molecule is Cc1ccc(NC(=O)COc2ccc(C3SCCCS3)cc2)cc1. The normalized spacial score (nSPS) is 15.0. The molecule has 1 aliphatic rings. The minimum absolute atomic E-state index is 0.0140. The lowest BCUT2D eigenvalue weighted by Crippen LogP contribution is -2.20. The Bertz CT molecular complexity index is 665. The van der Waals surface area contributed by atoms with Crippen molar-refractivity contribution in [3.8, 4) is 5.75 Å². The zero-order valence-corrected chi connectivity index (χ0v) is 15.3. The zero-order valence-electron chi connectivity index (χ0n) is 13.7. The van der Waals surface area contributed by atoms with Crippen LogP contribution < -0.4 is 10.1 Å². The van der Waals surface area contributed by atoms with Crippen molar-refractivity contribution in [2.45, 2.75) is 17.9 Å². The van der Waals surface area contributed by atoms with Crippen LogP contribution in [0.5, 0.6) is 5.75 Å². The van der Waals surface area contributed by atoms with E-state index in [1.54, 1.807) is 0 Å². The van der Waals surface area contributed by atoms with Gasteiger partial charge in [0.15, 0.2) is 6.61 Å². The van der Waals surface area contributed by atoms with Crippen LogP contribution in [0, 0.1) is 6.92 Å². The van der Waals surface area contributed by atoms with E-state index in [1.165, 1.54) is 29.1 Å². The summed E-state index contributed by atoms with van der Waals surface area (Å²) in [5.74, 6) is 3.04. The van der Waals surface area contributed by atoms with Crippen LogP contribution >= 0.6 is 23.5 Å². The van der Waals surface area contributed by atoms with E-state index < -0.39 is 0 Å². The second-order valence-corrected chi connectivity index (χ2v) is 8.42. The Kier molecular flexibility index (Phi) is 6.10. The van der Waals surface area contributed by atoms with Crippen molar-refractivity contribution in [3.63, 3.8) is 0 Å². The van der Waals surface area contributed by atoms with E-state index in [4.69, 9.17) is 4.74 Å². The van der Waals surface area contributed by atoms with Gasteiger partial charge in [-0.3, -0.25) is 4.79 Å². The van der Waals surface area contributed by atoms with Crippen molar-refractivity contribution in [1.29, 1.82) is 0 Å². The molecule has 5 heteroatoms. The first kappa shape index (κ1) is 17.2. The van der Waals surface area contributed by atoms with Gasteiger partial charge in [-0.1, -0.05) is 29.8 Å². The molecule has 0 aromatic heterocycles. The summed E-state index contributed by atoms with van der Waals surface area (Å²) in [6, 6.07) is 15.8. The lowest BCUT2D eigenvalue weighted by Gasteiger charge is -2.21. The predicted octanol–water partition coefficient (Wildman–Crippen LogP) is 4.88. The van der Waals surface area contributed by atoms with E-state index in [0.717, 1.165) is 11.4 Å². The predicted molar refractivity (Wildman–Crippen MR) is 104 cm³/mol. The second kappa shape index (κ2) is 8.49.